The van der Waals surface area contributed by atoms with Gasteiger partial charge in [-0.05, 0) is 81.6 Å². The van der Waals surface area contributed by atoms with E-state index in [0.29, 0.717) is 0 Å². The largest absolute Gasteiger partial charge is 0.309 e. The number of nitrogens with zero attached hydrogens (tertiary/aromatic N) is 1. The minimum Gasteiger partial charge on any atom is -0.309 e. The third-order valence-electron chi connectivity index (χ3n) is 8.36. The van der Waals surface area contributed by atoms with Crippen molar-refractivity contribution in [2.75, 3.05) is 0 Å². The van der Waals surface area contributed by atoms with Crippen LogP contribution in [0.5, 0.6) is 0 Å². The van der Waals surface area contributed by atoms with Gasteiger partial charge in [0.15, 0.2) is 0 Å². The molecule has 7 aromatic rings. The lowest BCUT2D eigenvalue weighted by atomic mass is 9.93. The number of pyridine rings is 1. The highest BCUT2D eigenvalue weighted by Gasteiger charge is 2.27. The van der Waals surface area contributed by atoms with E-state index in [1.165, 1.54) is 82.6 Å². The summed E-state index contributed by atoms with van der Waals surface area (Å²) in [6.07, 6.45) is 2.07. The molecular weight excluding hydrogens is 422 g/mol. The molecule has 5 aromatic carbocycles. The van der Waals surface area contributed by atoms with Crippen molar-refractivity contribution in [3.8, 4) is 22.3 Å². The lowest BCUT2D eigenvalue weighted by Gasteiger charge is -2.15. The lowest BCUT2D eigenvalue weighted by Crippen LogP contribution is -1.93. The highest BCUT2D eigenvalue weighted by atomic mass is 14.9. The summed E-state index contributed by atoms with van der Waals surface area (Å²) < 4.78 is 2.45. The van der Waals surface area contributed by atoms with Gasteiger partial charge in [0.1, 0.15) is 0 Å². The average Bonchev–Trinajstić information content (AvgIpc) is 3.58. The second kappa shape index (κ2) is 6.20. The summed E-state index contributed by atoms with van der Waals surface area (Å²) in [4.78, 5) is 0. The smallest absolute Gasteiger partial charge is 0.0547 e. The fraction of sp³-hybridized carbons (Fsp3) is 0.0588. The third-order valence-corrected chi connectivity index (χ3v) is 8.36. The van der Waals surface area contributed by atoms with Gasteiger partial charge in [0.2, 0.25) is 0 Å². The van der Waals surface area contributed by atoms with Gasteiger partial charge in [-0.2, -0.15) is 0 Å². The monoisotopic (exact) mass is 443 g/mol. The molecule has 9 rings (SSSR count). The summed E-state index contributed by atoms with van der Waals surface area (Å²) in [5.41, 5.74) is 15.4. The van der Waals surface area contributed by atoms with Crippen LogP contribution in [-0.4, -0.2) is 4.40 Å². The average molecular weight is 444 g/mol. The maximum atomic E-state index is 2.50. The third kappa shape index (κ3) is 2.19. The fourth-order valence-corrected chi connectivity index (χ4v) is 6.91. The molecule has 0 saturated carbocycles. The Morgan fingerprint density at radius 2 is 1.20 bits per heavy atom. The molecular formula is C34H21N. The Hall–Kier alpha value is -4.36. The molecule has 35 heavy (non-hydrogen) atoms. The number of hydrogen-bond donors (Lipinski definition) is 0. The van der Waals surface area contributed by atoms with Gasteiger partial charge in [-0.15, -0.1) is 0 Å². The van der Waals surface area contributed by atoms with Crippen LogP contribution in [-0.2, 0) is 12.8 Å². The van der Waals surface area contributed by atoms with Crippen molar-refractivity contribution in [2.24, 2.45) is 0 Å². The standard InChI is InChI=1S/C34H21N/c1-3-9-25-20(7-1)15-23-17-24-16-22-13-14-27-32-18-21-8-2-5-11-30(21)35(32)31-12-6-4-10-26(31)34(27)33(22)29(24)19-28(23)25/h1-14,17-19H,15-16H2. The quantitative estimate of drug-likeness (QED) is 0.207. The van der Waals surface area contributed by atoms with E-state index in [2.05, 4.69) is 108 Å². The second-order valence-corrected chi connectivity index (χ2v) is 10.1. The molecule has 0 aliphatic heterocycles. The predicted octanol–water partition coefficient (Wildman–Crippen LogP) is 8.54. The molecule has 0 saturated heterocycles. The summed E-state index contributed by atoms with van der Waals surface area (Å²) in [7, 11) is 0. The van der Waals surface area contributed by atoms with E-state index in [1.807, 2.05) is 0 Å². The Bertz CT molecular complexity index is 2050. The molecule has 0 fully saturated rings. The van der Waals surface area contributed by atoms with Crippen molar-refractivity contribution >= 4 is 38.1 Å². The molecule has 1 nitrogen and oxygen atoms in total. The van der Waals surface area contributed by atoms with E-state index >= 15 is 0 Å². The molecule has 0 N–H and O–H groups in total. The number of benzene rings is 5. The first-order chi connectivity index (χ1) is 17.3. The molecule has 0 radical (unpaired) electrons. The van der Waals surface area contributed by atoms with Crippen LogP contribution in [0.2, 0.25) is 0 Å². The molecule has 2 aliphatic carbocycles. The van der Waals surface area contributed by atoms with Crippen LogP contribution >= 0.6 is 0 Å². The van der Waals surface area contributed by atoms with Crippen LogP contribution in [0.3, 0.4) is 0 Å². The zero-order valence-corrected chi connectivity index (χ0v) is 19.2. The first-order valence-corrected chi connectivity index (χ1v) is 12.5. The molecule has 0 unspecified atom stereocenters. The minimum atomic E-state index is 1.02. The van der Waals surface area contributed by atoms with Gasteiger partial charge < -0.3 is 4.40 Å². The number of fused-ring (bicyclic) bond motifs is 15. The minimum absolute atomic E-state index is 1.02. The summed E-state index contributed by atoms with van der Waals surface area (Å²) in [6.45, 7) is 0. The van der Waals surface area contributed by atoms with Crippen LogP contribution in [0.1, 0.15) is 22.3 Å². The fourth-order valence-electron chi connectivity index (χ4n) is 6.91. The van der Waals surface area contributed by atoms with E-state index in [0.717, 1.165) is 12.8 Å². The van der Waals surface area contributed by atoms with Crippen LogP contribution in [0.15, 0.2) is 103 Å². The van der Waals surface area contributed by atoms with Crippen LogP contribution in [0.4, 0.5) is 0 Å². The van der Waals surface area contributed by atoms with Gasteiger partial charge in [0, 0.05) is 21.5 Å². The van der Waals surface area contributed by atoms with Crippen molar-refractivity contribution in [1.29, 1.82) is 0 Å². The molecule has 162 valence electrons. The van der Waals surface area contributed by atoms with Crippen LogP contribution in [0, 0.1) is 0 Å². The zero-order chi connectivity index (χ0) is 22.7. The van der Waals surface area contributed by atoms with E-state index in [9.17, 15) is 0 Å². The summed E-state index contributed by atoms with van der Waals surface area (Å²) >= 11 is 0. The number of hydrogen-bond acceptors (Lipinski definition) is 0. The lowest BCUT2D eigenvalue weighted by molar-refractivity contribution is 1.21. The Kier molecular flexibility index (Phi) is 3.19. The Morgan fingerprint density at radius 1 is 0.457 bits per heavy atom. The maximum absolute atomic E-state index is 2.50. The zero-order valence-electron chi connectivity index (χ0n) is 19.2. The van der Waals surface area contributed by atoms with Gasteiger partial charge in [-0.3, -0.25) is 0 Å². The molecule has 0 atom stereocenters. The van der Waals surface area contributed by atoms with E-state index in [1.54, 1.807) is 0 Å². The van der Waals surface area contributed by atoms with E-state index in [4.69, 9.17) is 0 Å². The molecule has 0 spiro atoms. The number of aromatic nitrogens is 1. The van der Waals surface area contributed by atoms with Crippen LogP contribution < -0.4 is 0 Å². The van der Waals surface area contributed by atoms with Gasteiger partial charge in [-0.1, -0.05) is 78.9 Å². The highest BCUT2D eigenvalue weighted by Crippen LogP contribution is 2.49. The number of para-hydroxylation sites is 2. The predicted molar refractivity (Wildman–Crippen MR) is 146 cm³/mol. The van der Waals surface area contributed by atoms with E-state index in [-0.39, 0.29) is 0 Å². The second-order valence-electron chi connectivity index (χ2n) is 10.1. The first kappa shape index (κ1) is 18.0. The molecule has 2 aromatic heterocycles. The highest BCUT2D eigenvalue weighted by molar-refractivity contribution is 6.21. The molecule has 0 bridgehead atoms. The first-order valence-electron chi connectivity index (χ1n) is 12.5. The van der Waals surface area contributed by atoms with Crippen molar-refractivity contribution < 1.29 is 0 Å². The Labute approximate surface area is 202 Å². The summed E-state index contributed by atoms with van der Waals surface area (Å²) in [5.74, 6) is 0. The normalized spacial score (nSPS) is 13.5. The summed E-state index contributed by atoms with van der Waals surface area (Å²) in [6, 6.07) is 38.7. The van der Waals surface area contributed by atoms with Crippen LogP contribution in [0.25, 0.3) is 60.3 Å². The van der Waals surface area contributed by atoms with Gasteiger partial charge >= 0.3 is 0 Å². The van der Waals surface area contributed by atoms with Gasteiger partial charge in [0.05, 0.1) is 16.6 Å². The molecule has 2 aliphatic rings. The molecule has 0 amide bonds. The molecule has 2 heterocycles. The van der Waals surface area contributed by atoms with Gasteiger partial charge in [0.25, 0.3) is 0 Å². The van der Waals surface area contributed by atoms with Crippen molar-refractivity contribution in [1.82, 2.24) is 4.40 Å². The van der Waals surface area contributed by atoms with Crippen molar-refractivity contribution in [3.63, 3.8) is 0 Å². The Morgan fingerprint density at radius 3 is 2.17 bits per heavy atom. The van der Waals surface area contributed by atoms with E-state index < -0.39 is 0 Å². The topological polar surface area (TPSA) is 4.41 Å². The van der Waals surface area contributed by atoms with Crippen molar-refractivity contribution in [2.45, 2.75) is 12.8 Å². The number of rotatable bonds is 0. The van der Waals surface area contributed by atoms with Crippen molar-refractivity contribution in [3.05, 3.63) is 125 Å². The SMILES string of the molecule is c1ccc2c(c1)Cc1cc3c(cc1-2)-c1c(ccc2c1c1ccccc1n1c4ccccc4cc21)C3. The molecule has 1 heteroatoms. The Balaban J connectivity index is 1.46. The maximum Gasteiger partial charge on any atom is 0.0547 e. The van der Waals surface area contributed by atoms with Gasteiger partial charge in [-0.25, -0.2) is 0 Å². The summed E-state index contributed by atoms with van der Waals surface area (Å²) in [5, 5.41) is 5.37.